The van der Waals surface area contributed by atoms with Crippen LogP contribution in [-0.4, -0.2) is 6.18 Å². The van der Waals surface area contributed by atoms with E-state index >= 15 is 0 Å². The van der Waals surface area contributed by atoms with Gasteiger partial charge in [0.2, 0.25) is 0 Å². The number of rotatable bonds is 4. The van der Waals surface area contributed by atoms with Crippen molar-refractivity contribution in [2.75, 3.05) is 0 Å². The van der Waals surface area contributed by atoms with Gasteiger partial charge in [-0.05, 0) is 31.8 Å². The van der Waals surface area contributed by atoms with Gasteiger partial charge in [-0.1, -0.05) is 24.1 Å². The fourth-order valence-electron chi connectivity index (χ4n) is 1.80. The zero-order valence-electron chi connectivity index (χ0n) is 10.4. The number of allylic oxidation sites excluding steroid dienone is 3. The molecule has 0 bridgehead atoms. The maximum Gasteiger partial charge on any atom is 0.272 e. The van der Waals surface area contributed by atoms with Crippen LogP contribution in [0.25, 0.3) is 0 Å². The van der Waals surface area contributed by atoms with Crippen molar-refractivity contribution in [1.29, 1.82) is 0 Å². The minimum atomic E-state index is -4.15. The molecule has 0 saturated heterocycles. The molecule has 0 spiro atoms. The van der Waals surface area contributed by atoms with E-state index in [4.69, 9.17) is 0 Å². The Balaban J connectivity index is 0.00000256. The molecule has 0 atom stereocenters. The van der Waals surface area contributed by atoms with Crippen LogP contribution < -0.4 is 0 Å². The topological polar surface area (TPSA) is 0 Å². The van der Waals surface area contributed by atoms with Gasteiger partial charge in [0, 0.05) is 31.1 Å². The van der Waals surface area contributed by atoms with Crippen LogP contribution in [0.3, 0.4) is 0 Å². The van der Waals surface area contributed by atoms with Gasteiger partial charge in [-0.15, -0.1) is 0 Å². The summed E-state index contributed by atoms with van der Waals surface area (Å²) >= 11 is 0. The second-order valence-corrected chi connectivity index (χ2v) is 4.49. The van der Waals surface area contributed by atoms with E-state index in [1.54, 1.807) is 0 Å². The standard InChI is InChI=1S/C13H18F3.U/c1-9(2)12(11-5-4-6-11)8-7-10(3)13(14,15)16;/h1,4-8H2,2-3H3;/q-1;. The summed E-state index contributed by atoms with van der Waals surface area (Å²) in [4.78, 5) is 0. The van der Waals surface area contributed by atoms with Crippen LogP contribution >= 0.6 is 0 Å². The van der Waals surface area contributed by atoms with Crippen LogP contribution in [-0.2, 0) is 0 Å². The van der Waals surface area contributed by atoms with Gasteiger partial charge in [-0.25, -0.2) is 19.1 Å². The minimum absolute atomic E-state index is 0. The molecule has 0 radical (unpaired) electrons. The Hall–Kier alpha value is 0.322. The molecule has 0 nitrogen and oxygen atoms in total. The van der Waals surface area contributed by atoms with Gasteiger partial charge in [-0.3, -0.25) is 0 Å². The van der Waals surface area contributed by atoms with E-state index in [0.717, 1.165) is 30.4 Å². The maximum atomic E-state index is 12.3. The van der Waals surface area contributed by atoms with E-state index < -0.39 is 12.1 Å². The predicted molar refractivity (Wildman–Crippen MR) is 59.9 cm³/mol. The van der Waals surface area contributed by atoms with Crippen molar-refractivity contribution in [3.63, 3.8) is 0 Å². The Morgan fingerprint density at radius 1 is 1.35 bits per heavy atom. The van der Waals surface area contributed by atoms with E-state index in [1.165, 1.54) is 12.5 Å². The summed E-state index contributed by atoms with van der Waals surface area (Å²) in [6.45, 7) is 6.90. The Morgan fingerprint density at radius 3 is 2.18 bits per heavy atom. The fraction of sp³-hybridized carbons (Fsp3) is 0.615. The van der Waals surface area contributed by atoms with Crippen LogP contribution in [0.4, 0.5) is 13.2 Å². The molecule has 1 aliphatic rings. The third kappa shape index (κ3) is 5.22. The summed E-state index contributed by atoms with van der Waals surface area (Å²) in [6, 6.07) is 0. The van der Waals surface area contributed by atoms with Gasteiger partial charge < -0.3 is 0 Å². The van der Waals surface area contributed by atoms with Crippen molar-refractivity contribution < 1.29 is 44.3 Å². The summed E-state index contributed by atoms with van der Waals surface area (Å²) in [5.41, 5.74) is 3.29. The van der Waals surface area contributed by atoms with Gasteiger partial charge in [0.1, 0.15) is 0 Å². The first-order valence-electron chi connectivity index (χ1n) is 5.58. The quantitative estimate of drug-likeness (QED) is 0.510. The molecule has 4 heteroatoms. The molecule has 0 N–H and O–H groups in total. The minimum Gasteiger partial charge on any atom is -0.214 e. The molecule has 1 saturated carbocycles. The molecule has 0 unspecified atom stereocenters. The van der Waals surface area contributed by atoms with E-state index in [2.05, 4.69) is 6.58 Å². The van der Waals surface area contributed by atoms with E-state index in [1.807, 2.05) is 6.92 Å². The van der Waals surface area contributed by atoms with Crippen molar-refractivity contribution in [3.05, 3.63) is 29.2 Å². The van der Waals surface area contributed by atoms with Gasteiger partial charge in [0.25, 0.3) is 6.18 Å². The first kappa shape index (κ1) is 17.3. The maximum absolute atomic E-state index is 12.3. The predicted octanol–water partition coefficient (Wildman–Crippen LogP) is 4.98. The van der Waals surface area contributed by atoms with Gasteiger partial charge in [-0.2, -0.15) is 13.3 Å². The van der Waals surface area contributed by atoms with Gasteiger partial charge >= 0.3 is 0 Å². The molecule has 0 aromatic carbocycles. The number of halogens is 3. The van der Waals surface area contributed by atoms with Gasteiger partial charge in [0.15, 0.2) is 0 Å². The normalized spacial score (nSPS) is 15.3. The zero-order valence-corrected chi connectivity index (χ0v) is 14.5. The SMILES string of the molecule is C=C(C)C(CC[C-](C)C(F)(F)F)=C1CCC1.[U]. The summed E-state index contributed by atoms with van der Waals surface area (Å²) < 4.78 is 37.0. The molecule has 17 heavy (non-hydrogen) atoms. The van der Waals surface area contributed by atoms with Crippen molar-refractivity contribution in [1.82, 2.24) is 0 Å². The molecule has 0 heterocycles. The largest absolute Gasteiger partial charge is 0.272 e. The third-order valence-corrected chi connectivity index (χ3v) is 3.13. The second kappa shape index (κ2) is 7.04. The van der Waals surface area contributed by atoms with Gasteiger partial charge in [0.05, 0.1) is 0 Å². The molecule has 0 aromatic heterocycles. The molecule has 0 amide bonds. The van der Waals surface area contributed by atoms with Crippen molar-refractivity contribution in [2.24, 2.45) is 0 Å². The molecule has 0 aliphatic heterocycles. The molecule has 1 aliphatic carbocycles. The number of hydrogen-bond donors (Lipinski definition) is 0. The zero-order chi connectivity index (χ0) is 12.3. The van der Waals surface area contributed by atoms with Crippen LogP contribution in [0.1, 0.15) is 46.0 Å². The van der Waals surface area contributed by atoms with Crippen LogP contribution in [0, 0.1) is 37.0 Å². The number of hydrogen-bond acceptors (Lipinski definition) is 0. The molecular formula is C13H18F3U-. The molecule has 1 fully saturated rings. The van der Waals surface area contributed by atoms with Crippen LogP contribution in [0.15, 0.2) is 23.3 Å². The van der Waals surface area contributed by atoms with Crippen molar-refractivity contribution >= 4 is 0 Å². The third-order valence-electron chi connectivity index (χ3n) is 3.13. The average molecular weight is 469 g/mol. The Kier molecular flexibility index (Phi) is 7.18. The first-order valence-corrected chi connectivity index (χ1v) is 5.58. The van der Waals surface area contributed by atoms with E-state index in [0.29, 0.717) is 6.42 Å². The fourth-order valence-corrected chi connectivity index (χ4v) is 1.80. The smallest absolute Gasteiger partial charge is 0.214 e. The molecule has 0 aromatic rings. The number of alkyl halides is 3. The van der Waals surface area contributed by atoms with E-state index in [9.17, 15) is 13.2 Å². The molecular weight excluding hydrogens is 451 g/mol. The van der Waals surface area contributed by atoms with Crippen LogP contribution in [0.2, 0.25) is 0 Å². The van der Waals surface area contributed by atoms with E-state index in [-0.39, 0.29) is 37.5 Å². The first-order chi connectivity index (χ1) is 7.32. The summed E-state index contributed by atoms with van der Waals surface area (Å²) in [6.07, 6.45) is -0.343. The van der Waals surface area contributed by atoms with Crippen molar-refractivity contribution in [3.8, 4) is 0 Å². The Labute approximate surface area is 125 Å². The second-order valence-electron chi connectivity index (χ2n) is 4.49. The Bertz CT molecular complexity index is 296. The Morgan fingerprint density at radius 2 is 1.88 bits per heavy atom. The monoisotopic (exact) mass is 469 g/mol. The summed E-state index contributed by atoms with van der Waals surface area (Å²) in [5.74, 6) is -0.397. The molecule has 96 valence electrons. The van der Waals surface area contributed by atoms with Crippen molar-refractivity contribution in [2.45, 2.75) is 52.1 Å². The average Bonchev–Trinajstić information content (AvgIpc) is 2.05. The summed E-state index contributed by atoms with van der Waals surface area (Å²) in [7, 11) is 0. The molecule has 1 rings (SSSR count). The summed E-state index contributed by atoms with van der Waals surface area (Å²) in [5, 5.41) is 0. The van der Waals surface area contributed by atoms with Crippen LogP contribution in [0.5, 0.6) is 0 Å².